The molecule has 74 valence electrons. The second kappa shape index (κ2) is 3.77. The number of hydrogen-bond donors (Lipinski definition) is 2. The van der Waals surface area contributed by atoms with Crippen LogP contribution >= 0.6 is 0 Å². The van der Waals surface area contributed by atoms with Crippen molar-refractivity contribution in [3.05, 3.63) is 30.3 Å². The van der Waals surface area contributed by atoms with Gasteiger partial charge in [-0.25, -0.2) is 0 Å². The third-order valence-electron chi connectivity index (χ3n) is 2.14. The van der Waals surface area contributed by atoms with Crippen LogP contribution in [0, 0.1) is 0 Å². The van der Waals surface area contributed by atoms with Crippen molar-refractivity contribution >= 4 is 11.0 Å². The lowest BCUT2D eigenvalue weighted by molar-refractivity contribution is 0.166. The molecular formula is C10H12N2O2. The fraction of sp³-hybridized carbons (Fsp3) is 0.300. The van der Waals surface area contributed by atoms with Crippen LogP contribution in [0.2, 0.25) is 0 Å². The number of hydrogen-bond acceptors (Lipinski definition) is 4. The molecule has 0 aromatic carbocycles. The van der Waals surface area contributed by atoms with Crippen molar-refractivity contribution in [3.8, 4) is 0 Å². The highest BCUT2D eigenvalue weighted by molar-refractivity contribution is 5.76. The first-order chi connectivity index (χ1) is 6.81. The van der Waals surface area contributed by atoms with Crippen molar-refractivity contribution in [1.29, 1.82) is 0 Å². The van der Waals surface area contributed by atoms with Crippen LogP contribution in [0.25, 0.3) is 11.0 Å². The van der Waals surface area contributed by atoms with Gasteiger partial charge in [-0.15, -0.1) is 0 Å². The van der Waals surface area contributed by atoms with Crippen molar-refractivity contribution < 1.29 is 9.52 Å². The van der Waals surface area contributed by atoms with Gasteiger partial charge in [-0.3, -0.25) is 4.98 Å². The summed E-state index contributed by atoms with van der Waals surface area (Å²) >= 11 is 0. The van der Waals surface area contributed by atoms with Gasteiger partial charge in [0.15, 0.2) is 5.58 Å². The predicted molar refractivity (Wildman–Crippen MR) is 52.6 cm³/mol. The Labute approximate surface area is 81.4 Å². The molecule has 0 aliphatic rings. The van der Waals surface area contributed by atoms with Crippen LogP contribution in [0.5, 0.6) is 0 Å². The predicted octanol–water partition coefficient (Wildman–Crippen LogP) is 1.21. The molecule has 0 aliphatic carbocycles. The molecule has 3 N–H and O–H groups in total. The minimum Gasteiger partial charge on any atom is -0.463 e. The van der Waals surface area contributed by atoms with Gasteiger partial charge in [0, 0.05) is 5.39 Å². The molecule has 0 saturated carbocycles. The van der Waals surface area contributed by atoms with Crippen molar-refractivity contribution in [3.63, 3.8) is 0 Å². The molecule has 0 amide bonds. The van der Waals surface area contributed by atoms with E-state index in [1.807, 2.05) is 12.1 Å². The minimum atomic E-state index is -0.584. The lowest BCUT2D eigenvalue weighted by atomic mass is 10.1. The van der Waals surface area contributed by atoms with Crippen LogP contribution < -0.4 is 5.73 Å². The third-order valence-corrected chi connectivity index (χ3v) is 2.14. The van der Waals surface area contributed by atoms with Gasteiger partial charge in [0.2, 0.25) is 0 Å². The molecule has 0 radical (unpaired) electrons. The molecule has 0 aliphatic heterocycles. The number of rotatable bonds is 3. The maximum Gasteiger partial charge on any atom is 0.152 e. The largest absolute Gasteiger partial charge is 0.463 e. The van der Waals surface area contributed by atoms with Crippen LogP contribution in [0.3, 0.4) is 0 Å². The summed E-state index contributed by atoms with van der Waals surface area (Å²) in [7, 11) is 0. The van der Waals surface area contributed by atoms with Crippen molar-refractivity contribution in [2.75, 3.05) is 6.54 Å². The van der Waals surface area contributed by atoms with E-state index in [4.69, 9.17) is 10.2 Å². The van der Waals surface area contributed by atoms with Crippen LogP contribution in [-0.2, 0) is 0 Å². The number of nitrogens with two attached hydrogens (primary N) is 1. The Bertz CT molecular complexity index is 425. The van der Waals surface area contributed by atoms with Crippen molar-refractivity contribution in [2.45, 2.75) is 12.5 Å². The highest BCUT2D eigenvalue weighted by Crippen LogP contribution is 2.20. The van der Waals surface area contributed by atoms with Crippen molar-refractivity contribution in [1.82, 2.24) is 4.98 Å². The third kappa shape index (κ3) is 1.62. The lowest BCUT2D eigenvalue weighted by Crippen LogP contribution is -2.07. The van der Waals surface area contributed by atoms with E-state index in [0.29, 0.717) is 18.7 Å². The molecule has 0 bridgehead atoms. The highest BCUT2D eigenvalue weighted by atomic mass is 16.3. The van der Waals surface area contributed by atoms with Gasteiger partial charge in [0.05, 0.1) is 24.3 Å². The van der Waals surface area contributed by atoms with Crippen LogP contribution in [0.4, 0.5) is 0 Å². The first-order valence-electron chi connectivity index (χ1n) is 4.52. The van der Waals surface area contributed by atoms with Crippen LogP contribution in [-0.4, -0.2) is 16.6 Å². The number of aliphatic hydroxyl groups excluding tert-OH is 1. The number of aromatic nitrogens is 1. The number of furan rings is 1. The molecule has 2 aromatic rings. The summed E-state index contributed by atoms with van der Waals surface area (Å²) in [5.74, 6) is 0. The molecule has 1 atom stereocenters. The maximum atomic E-state index is 9.64. The molecule has 0 spiro atoms. The first-order valence-corrected chi connectivity index (χ1v) is 4.52. The molecule has 14 heavy (non-hydrogen) atoms. The Morgan fingerprint density at radius 3 is 3.21 bits per heavy atom. The molecular weight excluding hydrogens is 180 g/mol. The Morgan fingerprint density at radius 1 is 1.57 bits per heavy atom. The average Bonchev–Trinajstić information content (AvgIpc) is 2.64. The van der Waals surface area contributed by atoms with E-state index in [0.717, 1.165) is 11.0 Å². The maximum absolute atomic E-state index is 9.64. The molecule has 4 nitrogen and oxygen atoms in total. The molecule has 4 heteroatoms. The summed E-state index contributed by atoms with van der Waals surface area (Å²) < 4.78 is 5.14. The van der Waals surface area contributed by atoms with E-state index in [2.05, 4.69) is 4.98 Å². The Balaban J connectivity index is 2.33. The number of fused-ring (bicyclic) bond motifs is 1. The fourth-order valence-electron chi connectivity index (χ4n) is 1.37. The quantitative estimate of drug-likeness (QED) is 0.766. The van der Waals surface area contributed by atoms with Gasteiger partial charge in [0.25, 0.3) is 0 Å². The Morgan fingerprint density at radius 2 is 2.43 bits per heavy atom. The lowest BCUT2D eigenvalue weighted by Gasteiger charge is -2.07. The standard InChI is InChI=1S/C10H12N2O2/c11-3-1-9(13)8-5-7-2-4-14-10(7)6-12-8/h2,4-6,9,13H,1,3,11H2. The number of pyridine rings is 1. The second-order valence-corrected chi connectivity index (χ2v) is 3.16. The zero-order valence-corrected chi connectivity index (χ0v) is 7.68. The van der Waals surface area contributed by atoms with E-state index in [-0.39, 0.29) is 0 Å². The summed E-state index contributed by atoms with van der Waals surface area (Å²) in [4.78, 5) is 4.10. The van der Waals surface area contributed by atoms with Gasteiger partial charge in [0.1, 0.15) is 0 Å². The van der Waals surface area contributed by atoms with Gasteiger partial charge >= 0.3 is 0 Å². The van der Waals surface area contributed by atoms with E-state index in [1.165, 1.54) is 0 Å². The Hall–Kier alpha value is -1.39. The monoisotopic (exact) mass is 192 g/mol. The summed E-state index contributed by atoms with van der Waals surface area (Å²) in [5, 5.41) is 10.6. The molecule has 0 saturated heterocycles. The van der Waals surface area contributed by atoms with Gasteiger partial charge in [-0.1, -0.05) is 0 Å². The molecule has 0 fully saturated rings. The summed E-state index contributed by atoms with van der Waals surface area (Å²) in [6.45, 7) is 0.451. The van der Waals surface area contributed by atoms with E-state index >= 15 is 0 Å². The van der Waals surface area contributed by atoms with Gasteiger partial charge < -0.3 is 15.3 Å². The Kier molecular flexibility index (Phi) is 2.47. The summed E-state index contributed by atoms with van der Waals surface area (Å²) in [6, 6.07) is 3.66. The zero-order valence-electron chi connectivity index (χ0n) is 7.68. The van der Waals surface area contributed by atoms with E-state index in [1.54, 1.807) is 12.5 Å². The first kappa shape index (κ1) is 9.18. The SMILES string of the molecule is NCCC(O)c1cc2ccoc2cn1. The summed E-state index contributed by atoms with van der Waals surface area (Å²) in [6.07, 6.45) is 3.16. The number of aliphatic hydroxyl groups is 1. The van der Waals surface area contributed by atoms with Crippen LogP contribution in [0.1, 0.15) is 18.2 Å². The number of nitrogens with zero attached hydrogens (tertiary/aromatic N) is 1. The average molecular weight is 192 g/mol. The molecule has 2 aromatic heterocycles. The van der Waals surface area contributed by atoms with Crippen LogP contribution in [0.15, 0.2) is 29.0 Å². The smallest absolute Gasteiger partial charge is 0.152 e. The highest BCUT2D eigenvalue weighted by Gasteiger charge is 2.09. The van der Waals surface area contributed by atoms with Crippen molar-refractivity contribution in [2.24, 2.45) is 5.73 Å². The van der Waals surface area contributed by atoms with E-state index in [9.17, 15) is 5.11 Å². The second-order valence-electron chi connectivity index (χ2n) is 3.16. The topological polar surface area (TPSA) is 72.3 Å². The van der Waals surface area contributed by atoms with Gasteiger partial charge in [-0.2, -0.15) is 0 Å². The normalized spacial score (nSPS) is 13.3. The van der Waals surface area contributed by atoms with Gasteiger partial charge in [-0.05, 0) is 25.1 Å². The summed E-state index contributed by atoms with van der Waals surface area (Å²) in [5.41, 5.74) is 6.73. The van der Waals surface area contributed by atoms with E-state index < -0.39 is 6.10 Å². The minimum absolute atomic E-state index is 0.451. The molecule has 2 heterocycles. The fourth-order valence-corrected chi connectivity index (χ4v) is 1.37. The molecule has 1 unspecified atom stereocenters. The molecule has 2 rings (SSSR count). The zero-order chi connectivity index (χ0) is 9.97.